The molecule has 0 bridgehead atoms. The number of hydrogen-bond donors (Lipinski definition) is 1. The van der Waals surface area contributed by atoms with Crippen LogP contribution in [-0.2, 0) is 4.79 Å². The molecule has 0 spiro atoms. The van der Waals surface area contributed by atoms with Crippen molar-refractivity contribution in [2.45, 2.75) is 13.0 Å². The van der Waals surface area contributed by atoms with Crippen molar-refractivity contribution in [3.8, 4) is 11.5 Å². The Labute approximate surface area is 153 Å². The van der Waals surface area contributed by atoms with Crippen LogP contribution in [0.4, 0.5) is 4.39 Å². The SMILES string of the molecule is CC(NC(=O)C=Cc1ccccc1F)c1cc2c(cc1Br)OCCO2. The molecule has 0 aromatic heterocycles. The van der Waals surface area contributed by atoms with Crippen LogP contribution in [0.25, 0.3) is 6.08 Å². The van der Waals surface area contributed by atoms with E-state index in [0.717, 1.165) is 10.0 Å². The van der Waals surface area contributed by atoms with Gasteiger partial charge < -0.3 is 14.8 Å². The normalized spacial score (nSPS) is 14.4. The fourth-order valence-electron chi connectivity index (χ4n) is 2.53. The summed E-state index contributed by atoms with van der Waals surface area (Å²) < 4.78 is 25.5. The molecule has 0 saturated carbocycles. The molecule has 1 atom stereocenters. The minimum atomic E-state index is -0.367. The molecule has 3 rings (SSSR count). The molecule has 0 aliphatic carbocycles. The fourth-order valence-corrected chi connectivity index (χ4v) is 3.19. The zero-order valence-corrected chi connectivity index (χ0v) is 15.2. The van der Waals surface area contributed by atoms with Crippen molar-refractivity contribution in [2.24, 2.45) is 0 Å². The van der Waals surface area contributed by atoms with Crippen LogP contribution in [0, 0.1) is 5.82 Å². The molecule has 2 aromatic carbocycles. The Balaban J connectivity index is 1.70. The zero-order valence-electron chi connectivity index (χ0n) is 13.6. The van der Waals surface area contributed by atoms with Crippen LogP contribution in [0.1, 0.15) is 24.1 Å². The molecule has 0 fully saturated rings. The van der Waals surface area contributed by atoms with E-state index >= 15 is 0 Å². The summed E-state index contributed by atoms with van der Waals surface area (Å²) in [6.45, 7) is 2.89. The summed E-state index contributed by atoms with van der Waals surface area (Å²) in [5.74, 6) is 0.666. The Morgan fingerprint density at radius 3 is 2.64 bits per heavy atom. The second-order valence-corrected chi connectivity index (χ2v) is 6.46. The number of amides is 1. The van der Waals surface area contributed by atoms with Crippen LogP contribution >= 0.6 is 15.9 Å². The van der Waals surface area contributed by atoms with Gasteiger partial charge in [0, 0.05) is 16.1 Å². The second kappa shape index (κ2) is 7.70. The summed E-state index contributed by atoms with van der Waals surface area (Å²) in [4.78, 5) is 12.1. The second-order valence-electron chi connectivity index (χ2n) is 5.60. The van der Waals surface area contributed by atoms with Gasteiger partial charge in [0.15, 0.2) is 11.5 Å². The van der Waals surface area contributed by atoms with Crippen LogP contribution in [0.5, 0.6) is 11.5 Å². The summed E-state index contributed by atoms with van der Waals surface area (Å²) in [5.41, 5.74) is 1.24. The molecule has 25 heavy (non-hydrogen) atoms. The van der Waals surface area contributed by atoms with E-state index in [2.05, 4.69) is 21.2 Å². The lowest BCUT2D eigenvalue weighted by atomic mass is 10.1. The molecule has 1 aliphatic rings. The van der Waals surface area contributed by atoms with Crippen molar-refractivity contribution in [3.63, 3.8) is 0 Å². The molecule has 0 radical (unpaired) electrons. The summed E-state index contributed by atoms with van der Waals surface area (Å²) >= 11 is 3.50. The van der Waals surface area contributed by atoms with Gasteiger partial charge in [-0.2, -0.15) is 0 Å². The number of carbonyl (C=O) groups excluding carboxylic acids is 1. The first-order valence-corrected chi connectivity index (χ1v) is 8.66. The van der Waals surface area contributed by atoms with Crippen molar-refractivity contribution in [1.82, 2.24) is 5.32 Å². The lowest BCUT2D eigenvalue weighted by molar-refractivity contribution is -0.117. The molecule has 1 heterocycles. The van der Waals surface area contributed by atoms with Crippen LogP contribution < -0.4 is 14.8 Å². The lowest BCUT2D eigenvalue weighted by Crippen LogP contribution is -2.25. The predicted octanol–water partition coefficient (Wildman–Crippen LogP) is 4.25. The van der Waals surface area contributed by atoms with E-state index in [1.807, 2.05) is 19.1 Å². The third-order valence-electron chi connectivity index (χ3n) is 3.81. The average Bonchev–Trinajstić information content (AvgIpc) is 2.60. The molecular weight excluding hydrogens is 389 g/mol. The number of nitrogens with one attached hydrogen (secondary N) is 1. The first-order valence-electron chi connectivity index (χ1n) is 7.87. The van der Waals surface area contributed by atoms with Crippen LogP contribution in [-0.4, -0.2) is 19.1 Å². The predicted molar refractivity (Wildman–Crippen MR) is 97.1 cm³/mol. The summed E-state index contributed by atoms with van der Waals surface area (Å²) in [5, 5.41) is 2.86. The smallest absolute Gasteiger partial charge is 0.244 e. The summed E-state index contributed by atoms with van der Waals surface area (Å²) in [6, 6.07) is 9.71. The van der Waals surface area contributed by atoms with Gasteiger partial charge in [0.25, 0.3) is 0 Å². The first-order chi connectivity index (χ1) is 12.0. The van der Waals surface area contributed by atoms with Crippen molar-refractivity contribution < 1.29 is 18.7 Å². The molecule has 1 N–H and O–H groups in total. The van der Waals surface area contributed by atoms with E-state index in [9.17, 15) is 9.18 Å². The minimum Gasteiger partial charge on any atom is -0.486 e. The quantitative estimate of drug-likeness (QED) is 0.773. The molecule has 130 valence electrons. The molecular formula is C19H17BrFNO3. The highest BCUT2D eigenvalue weighted by Crippen LogP contribution is 2.37. The fraction of sp³-hybridized carbons (Fsp3) is 0.211. The maximum Gasteiger partial charge on any atom is 0.244 e. The number of benzene rings is 2. The maximum absolute atomic E-state index is 13.6. The summed E-state index contributed by atoms with van der Waals surface area (Å²) in [7, 11) is 0. The Morgan fingerprint density at radius 2 is 1.92 bits per heavy atom. The van der Waals surface area contributed by atoms with E-state index < -0.39 is 0 Å². The molecule has 2 aromatic rings. The average molecular weight is 406 g/mol. The zero-order chi connectivity index (χ0) is 17.8. The summed E-state index contributed by atoms with van der Waals surface area (Å²) in [6.07, 6.45) is 2.77. The van der Waals surface area contributed by atoms with E-state index in [1.54, 1.807) is 18.2 Å². The highest BCUT2D eigenvalue weighted by atomic mass is 79.9. The van der Waals surface area contributed by atoms with Gasteiger partial charge in [0.1, 0.15) is 19.0 Å². The van der Waals surface area contributed by atoms with Crippen molar-refractivity contribution >= 4 is 27.9 Å². The van der Waals surface area contributed by atoms with Crippen LogP contribution in [0.2, 0.25) is 0 Å². The van der Waals surface area contributed by atoms with Gasteiger partial charge in [-0.15, -0.1) is 0 Å². The number of halogens is 2. The Morgan fingerprint density at radius 1 is 1.24 bits per heavy atom. The molecule has 4 nitrogen and oxygen atoms in total. The molecule has 1 amide bonds. The van der Waals surface area contributed by atoms with Gasteiger partial charge >= 0.3 is 0 Å². The number of rotatable bonds is 4. The van der Waals surface area contributed by atoms with Gasteiger partial charge in [0.05, 0.1) is 6.04 Å². The molecule has 0 saturated heterocycles. The monoisotopic (exact) mass is 405 g/mol. The Bertz CT molecular complexity index is 822. The van der Waals surface area contributed by atoms with Crippen LogP contribution in [0.3, 0.4) is 0 Å². The van der Waals surface area contributed by atoms with E-state index in [4.69, 9.17) is 9.47 Å². The van der Waals surface area contributed by atoms with Crippen molar-refractivity contribution in [1.29, 1.82) is 0 Å². The number of hydrogen-bond acceptors (Lipinski definition) is 3. The minimum absolute atomic E-state index is 0.261. The molecule has 1 unspecified atom stereocenters. The third-order valence-corrected chi connectivity index (χ3v) is 4.49. The van der Waals surface area contributed by atoms with Gasteiger partial charge in [-0.25, -0.2) is 4.39 Å². The van der Waals surface area contributed by atoms with Gasteiger partial charge in [0.2, 0.25) is 5.91 Å². The van der Waals surface area contributed by atoms with Gasteiger partial charge in [-0.1, -0.05) is 34.1 Å². The van der Waals surface area contributed by atoms with Crippen molar-refractivity contribution in [3.05, 3.63) is 63.9 Å². The van der Waals surface area contributed by atoms with E-state index in [1.165, 1.54) is 18.2 Å². The third kappa shape index (κ3) is 4.20. The maximum atomic E-state index is 13.6. The standard InChI is InChI=1S/C19H17BrFNO3/c1-12(14-10-17-18(11-15(14)20)25-9-8-24-17)22-19(23)7-6-13-4-2-3-5-16(13)21/h2-7,10-12H,8-9H2,1H3,(H,22,23). The molecule has 1 aliphatic heterocycles. The first kappa shape index (κ1) is 17.5. The largest absolute Gasteiger partial charge is 0.486 e. The Hall–Kier alpha value is -2.34. The highest BCUT2D eigenvalue weighted by Gasteiger charge is 2.18. The Kier molecular flexibility index (Phi) is 5.38. The topological polar surface area (TPSA) is 47.6 Å². The lowest BCUT2D eigenvalue weighted by Gasteiger charge is -2.22. The number of carbonyl (C=O) groups is 1. The molecule has 6 heteroatoms. The number of fused-ring (bicyclic) bond motifs is 1. The van der Waals surface area contributed by atoms with E-state index in [-0.39, 0.29) is 17.8 Å². The van der Waals surface area contributed by atoms with E-state index in [0.29, 0.717) is 30.3 Å². The highest BCUT2D eigenvalue weighted by molar-refractivity contribution is 9.10. The number of ether oxygens (including phenoxy) is 2. The van der Waals surface area contributed by atoms with Crippen molar-refractivity contribution in [2.75, 3.05) is 13.2 Å². The van der Waals surface area contributed by atoms with Gasteiger partial charge in [-0.3, -0.25) is 4.79 Å². The van der Waals surface area contributed by atoms with Gasteiger partial charge in [-0.05, 0) is 36.8 Å². The van der Waals surface area contributed by atoms with Crippen LogP contribution in [0.15, 0.2) is 46.9 Å².